The van der Waals surface area contributed by atoms with Crippen LogP contribution >= 0.6 is 0 Å². The first-order valence-corrected chi connectivity index (χ1v) is 5.17. The Labute approximate surface area is 91.4 Å². The number of carbonyl (C=O) groups excluding carboxylic acids is 1. The van der Waals surface area contributed by atoms with Gasteiger partial charge in [-0.3, -0.25) is 4.79 Å². The summed E-state index contributed by atoms with van der Waals surface area (Å²) < 4.78 is 0. The summed E-state index contributed by atoms with van der Waals surface area (Å²) in [5.41, 5.74) is 0. The molecule has 0 aromatic carbocycles. The molecule has 0 saturated carbocycles. The fourth-order valence-electron chi connectivity index (χ4n) is 1.08. The highest BCUT2D eigenvalue weighted by molar-refractivity contribution is 5.81. The van der Waals surface area contributed by atoms with Gasteiger partial charge < -0.3 is 15.7 Å². The summed E-state index contributed by atoms with van der Waals surface area (Å²) in [5.74, 6) is 2.61. The number of terminal acetylenes is 1. The van der Waals surface area contributed by atoms with Gasteiger partial charge in [0.05, 0.1) is 12.6 Å². The van der Waals surface area contributed by atoms with Crippen molar-refractivity contribution in [3.05, 3.63) is 0 Å². The zero-order valence-electron chi connectivity index (χ0n) is 9.42. The molecule has 0 spiro atoms. The molecule has 3 N–H and O–H groups in total. The highest BCUT2D eigenvalue weighted by atomic mass is 16.3. The van der Waals surface area contributed by atoms with Crippen LogP contribution in [0.15, 0.2) is 0 Å². The molecule has 0 bridgehead atoms. The number of aliphatic hydroxyl groups excluding tert-OH is 1. The van der Waals surface area contributed by atoms with Crippen LogP contribution in [0.2, 0.25) is 0 Å². The third kappa shape index (κ3) is 6.95. The lowest BCUT2D eigenvalue weighted by atomic mass is 10.1. The smallest absolute Gasteiger partial charge is 0.237 e. The summed E-state index contributed by atoms with van der Waals surface area (Å²) in [7, 11) is 0. The fourth-order valence-corrected chi connectivity index (χ4v) is 1.08. The van der Waals surface area contributed by atoms with Crippen LogP contribution in [-0.2, 0) is 4.79 Å². The van der Waals surface area contributed by atoms with Gasteiger partial charge in [-0.15, -0.1) is 6.42 Å². The molecule has 4 heteroatoms. The molecular weight excluding hydrogens is 192 g/mol. The van der Waals surface area contributed by atoms with Crippen molar-refractivity contribution in [2.45, 2.75) is 26.3 Å². The maximum absolute atomic E-state index is 11.4. The molecule has 0 fully saturated rings. The quantitative estimate of drug-likeness (QED) is 0.509. The Balaban J connectivity index is 3.68. The minimum Gasteiger partial charge on any atom is -0.396 e. The van der Waals surface area contributed by atoms with Gasteiger partial charge in [0.2, 0.25) is 5.91 Å². The van der Waals surface area contributed by atoms with Crippen LogP contribution in [0.5, 0.6) is 0 Å². The lowest BCUT2D eigenvalue weighted by molar-refractivity contribution is -0.122. The van der Waals surface area contributed by atoms with Gasteiger partial charge >= 0.3 is 0 Å². The first-order chi connectivity index (χ1) is 7.11. The average Bonchev–Trinajstić information content (AvgIpc) is 2.22. The van der Waals surface area contributed by atoms with Crippen LogP contribution in [0.4, 0.5) is 0 Å². The number of aliphatic hydroxyl groups is 1. The largest absolute Gasteiger partial charge is 0.396 e. The van der Waals surface area contributed by atoms with Gasteiger partial charge in [-0.05, 0) is 25.8 Å². The van der Waals surface area contributed by atoms with E-state index < -0.39 is 0 Å². The molecule has 2 unspecified atom stereocenters. The molecule has 15 heavy (non-hydrogen) atoms. The Hall–Kier alpha value is -1.05. The number of hydrogen-bond donors (Lipinski definition) is 3. The number of hydrogen-bond acceptors (Lipinski definition) is 3. The third-order valence-electron chi connectivity index (χ3n) is 2.15. The number of carbonyl (C=O) groups is 1. The van der Waals surface area contributed by atoms with Crippen molar-refractivity contribution in [1.29, 1.82) is 0 Å². The van der Waals surface area contributed by atoms with E-state index in [0.29, 0.717) is 12.5 Å². The summed E-state index contributed by atoms with van der Waals surface area (Å²) in [6.07, 6.45) is 5.77. The van der Waals surface area contributed by atoms with E-state index in [2.05, 4.69) is 16.6 Å². The first kappa shape index (κ1) is 13.9. The molecule has 0 aliphatic rings. The Morgan fingerprint density at radius 1 is 1.53 bits per heavy atom. The van der Waals surface area contributed by atoms with Gasteiger partial charge in [-0.2, -0.15) is 0 Å². The molecule has 1 amide bonds. The van der Waals surface area contributed by atoms with Crippen molar-refractivity contribution < 1.29 is 9.90 Å². The van der Waals surface area contributed by atoms with E-state index >= 15 is 0 Å². The Morgan fingerprint density at radius 3 is 2.73 bits per heavy atom. The molecule has 0 rings (SSSR count). The first-order valence-electron chi connectivity index (χ1n) is 5.17. The molecule has 2 atom stereocenters. The summed E-state index contributed by atoms with van der Waals surface area (Å²) in [6.45, 7) is 4.97. The second-order valence-corrected chi connectivity index (χ2v) is 3.67. The van der Waals surface area contributed by atoms with Crippen molar-refractivity contribution in [3.8, 4) is 12.3 Å². The standard InChI is InChI=1S/C11H20N2O2/c1-4-6-12-11(15)10(3)13-8-9(2)5-7-14/h1,9-10,13-14H,5-8H2,2-3H3,(H,12,15). The highest BCUT2D eigenvalue weighted by Gasteiger charge is 2.12. The van der Waals surface area contributed by atoms with E-state index in [-0.39, 0.29) is 25.1 Å². The van der Waals surface area contributed by atoms with E-state index in [1.807, 2.05) is 6.92 Å². The lowest BCUT2D eigenvalue weighted by Gasteiger charge is -2.16. The van der Waals surface area contributed by atoms with E-state index in [4.69, 9.17) is 11.5 Å². The van der Waals surface area contributed by atoms with Crippen LogP contribution in [0.1, 0.15) is 20.3 Å². The Morgan fingerprint density at radius 2 is 2.20 bits per heavy atom. The summed E-state index contributed by atoms with van der Waals surface area (Å²) >= 11 is 0. The zero-order chi connectivity index (χ0) is 11.7. The van der Waals surface area contributed by atoms with Crippen LogP contribution in [0.25, 0.3) is 0 Å². The summed E-state index contributed by atoms with van der Waals surface area (Å²) in [6, 6.07) is -0.250. The van der Waals surface area contributed by atoms with Crippen molar-refractivity contribution in [2.75, 3.05) is 19.7 Å². The van der Waals surface area contributed by atoms with Crippen LogP contribution in [-0.4, -0.2) is 36.8 Å². The summed E-state index contributed by atoms with van der Waals surface area (Å²) in [4.78, 5) is 11.4. The van der Waals surface area contributed by atoms with E-state index in [0.717, 1.165) is 6.42 Å². The predicted octanol–water partition coefficient (Wildman–Crippen LogP) is -0.268. The molecule has 0 heterocycles. The maximum atomic E-state index is 11.4. The SMILES string of the molecule is C#CCNC(=O)C(C)NCC(C)CCO. The van der Waals surface area contributed by atoms with Crippen LogP contribution < -0.4 is 10.6 Å². The van der Waals surface area contributed by atoms with Gasteiger partial charge in [-0.25, -0.2) is 0 Å². The zero-order valence-corrected chi connectivity index (χ0v) is 9.42. The van der Waals surface area contributed by atoms with Gasteiger partial charge in [0.25, 0.3) is 0 Å². The molecule has 0 aliphatic carbocycles. The number of amides is 1. The molecule has 86 valence electrons. The van der Waals surface area contributed by atoms with E-state index in [1.165, 1.54) is 0 Å². The summed E-state index contributed by atoms with van der Waals surface area (Å²) in [5, 5.41) is 14.4. The van der Waals surface area contributed by atoms with E-state index in [1.54, 1.807) is 6.92 Å². The van der Waals surface area contributed by atoms with E-state index in [9.17, 15) is 4.79 Å². The monoisotopic (exact) mass is 212 g/mol. The van der Waals surface area contributed by atoms with Crippen LogP contribution in [0, 0.1) is 18.3 Å². The second kappa shape index (κ2) is 8.27. The van der Waals surface area contributed by atoms with Crippen molar-refractivity contribution in [1.82, 2.24) is 10.6 Å². The van der Waals surface area contributed by atoms with Gasteiger partial charge in [-0.1, -0.05) is 12.8 Å². The predicted molar refractivity (Wildman–Crippen MR) is 60.2 cm³/mol. The van der Waals surface area contributed by atoms with Crippen molar-refractivity contribution in [2.24, 2.45) is 5.92 Å². The molecule has 0 aromatic heterocycles. The molecule has 0 radical (unpaired) electrons. The number of nitrogens with one attached hydrogen (secondary N) is 2. The highest BCUT2D eigenvalue weighted by Crippen LogP contribution is 1.98. The second-order valence-electron chi connectivity index (χ2n) is 3.67. The lowest BCUT2D eigenvalue weighted by Crippen LogP contribution is -2.43. The minimum atomic E-state index is -0.250. The molecule has 0 saturated heterocycles. The molecule has 0 aromatic rings. The Bertz CT molecular complexity index is 223. The molecular formula is C11H20N2O2. The third-order valence-corrected chi connectivity index (χ3v) is 2.15. The normalized spacial score (nSPS) is 14.0. The average molecular weight is 212 g/mol. The Kier molecular flexibility index (Phi) is 7.69. The maximum Gasteiger partial charge on any atom is 0.237 e. The fraction of sp³-hybridized carbons (Fsp3) is 0.727. The topological polar surface area (TPSA) is 61.4 Å². The molecule has 0 aliphatic heterocycles. The van der Waals surface area contributed by atoms with Gasteiger partial charge in [0, 0.05) is 6.61 Å². The van der Waals surface area contributed by atoms with Gasteiger partial charge in [0.15, 0.2) is 0 Å². The minimum absolute atomic E-state index is 0.0934. The molecule has 4 nitrogen and oxygen atoms in total. The van der Waals surface area contributed by atoms with Crippen LogP contribution in [0.3, 0.4) is 0 Å². The number of rotatable bonds is 7. The van der Waals surface area contributed by atoms with Crippen molar-refractivity contribution in [3.63, 3.8) is 0 Å². The van der Waals surface area contributed by atoms with Crippen molar-refractivity contribution >= 4 is 5.91 Å². The van der Waals surface area contributed by atoms with Gasteiger partial charge in [0.1, 0.15) is 0 Å².